The lowest BCUT2D eigenvalue weighted by atomic mass is 9.93. The van der Waals surface area contributed by atoms with Crippen molar-refractivity contribution in [2.75, 3.05) is 11.9 Å². The third-order valence-electron chi connectivity index (χ3n) is 4.68. The molecule has 4 rings (SSSR count). The van der Waals surface area contributed by atoms with Gasteiger partial charge < -0.3 is 9.73 Å². The molecule has 2 atom stereocenters. The second kappa shape index (κ2) is 8.05. The van der Waals surface area contributed by atoms with Crippen molar-refractivity contribution in [3.05, 3.63) is 74.7 Å². The molecule has 0 spiro atoms. The number of benzene rings is 2. The van der Waals surface area contributed by atoms with Crippen LogP contribution in [-0.2, 0) is 4.79 Å². The van der Waals surface area contributed by atoms with E-state index in [0.29, 0.717) is 23.3 Å². The molecule has 1 amide bonds. The second-order valence-corrected chi connectivity index (χ2v) is 7.51. The van der Waals surface area contributed by atoms with Crippen LogP contribution in [0.5, 0.6) is 0 Å². The molecule has 8 nitrogen and oxygen atoms in total. The van der Waals surface area contributed by atoms with Gasteiger partial charge in [-0.1, -0.05) is 34.1 Å². The fourth-order valence-electron chi connectivity index (χ4n) is 3.27. The average Bonchev–Trinajstić information content (AvgIpc) is 3.31. The van der Waals surface area contributed by atoms with Gasteiger partial charge in [0.15, 0.2) is 5.58 Å². The van der Waals surface area contributed by atoms with Crippen LogP contribution in [0.1, 0.15) is 11.6 Å². The van der Waals surface area contributed by atoms with Gasteiger partial charge >= 0.3 is 5.76 Å². The van der Waals surface area contributed by atoms with Gasteiger partial charge in [0.25, 0.3) is 5.91 Å². The van der Waals surface area contributed by atoms with E-state index in [1.165, 1.54) is 0 Å². The molecular formula is C20H16BrN5O3. The Morgan fingerprint density at radius 1 is 1.28 bits per heavy atom. The number of amides is 1. The van der Waals surface area contributed by atoms with Crippen molar-refractivity contribution in [1.82, 2.24) is 15.8 Å². The molecule has 3 aromatic rings. The summed E-state index contributed by atoms with van der Waals surface area (Å²) in [6.45, 7) is 0.585. The van der Waals surface area contributed by atoms with E-state index >= 15 is 0 Å². The molecule has 2 aromatic carbocycles. The first kappa shape index (κ1) is 19.1. The minimum absolute atomic E-state index is 0.0170. The molecule has 29 heavy (non-hydrogen) atoms. The van der Waals surface area contributed by atoms with Crippen molar-refractivity contribution < 1.29 is 9.21 Å². The van der Waals surface area contributed by atoms with E-state index < -0.39 is 11.7 Å². The summed E-state index contributed by atoms with van der Waals surface area (Å²) in [7, 11) is 0. The molecule has 1 aromatic heterocycles. The predicted molar refractivity (Wildman–Crippen MR) is 111 cm³/mol. The van der Waals surface area contributed by atoms with Gasteiger partial charge in [0.05, 0.1) is 11.6 Å². The Morgan fingerprint density at radius 3 is 2.83 bits per heavy atom. The monoisotopic (exact) mass is 453 g/mol. The number of nitrogens with zero attached hydrogens (tertiary/aromatic N) is 1. The number of aromatic nitrogens is 1. The summed E-state index contributed by atoms with van der Waals surface area (Å²) >= 11 is 3.42. The summed E-state index contributed by atoms with van der Waals surface area (Å²) in [5.41, 5.74) is 8.65. The number of rotatable bonds is 4. The Labute approximate surface area is 173 Å². The second-order valence-electron chi connectivity index (χ2n) is 6.59. The topological polar surface area (TPSA) is 123 Å². The first-order valence-electron chi connectivity index (χ1n) is 8.83. The number of aromatic amines is 1. The molecule has 9 heteroatoms. The van der Waals surface area contributed by atoms with E-state index in [1.807, 2.05) is 30.3 Å². The molecule has 0 saturated carbocycles. The number of fused-ring (bicyclic) bond motifs is 1. The smallest absolute Gasteiger partial charge is 0.408 e. The fraction of sp³-hybridized carbons (Fsp3) is 0.150. The van der Waals surface area contributed by atoms with Crippen LogP contribution in [0.4, 0.5) is 5.69 Å². The first-order chi connectivity index (χ1) is 14.0. The van der Waals surface area contributed by atoms with Crippen LogP contribution in [0.25, 0.3) is 11.1 Å². The van der Waals surface area contributed by atoms with Gasteiger partial charge in [-0.3, -0.25) is 15.2 Å². The number of H-pyrrole nitrogens is 1. The first-order valence-corrected chi connectivity index (χ1v) is 9.63. The molecule has 2 heterocycles. The maximum Gasteiger partial charge on any atom is 0.417 e. The Morgan fingerprint density at radius 2 is 2.07 bits per heavy atom. The summed E-state index contributed by atoms with van der Waals surface area (Å²) in [4.78, 5) is 26.4. The third kappa shape index (κ3) is 4.14. The maximum absolute atomic E-state index is 12.6. The van der Waals surface area contributed by atoms with E-state index in [-0.39, 0.29) is 17.5 Å². The predicted octanol–water partition coefficient (Wildman–Crippen LogP) is 2.74. The molecule has 0 bridgehead atoms. The molecule has 1 aliphatic rings. The lowest BCUT2D eigenvalue weighted by Crippen LogP contribution is -2.25. The Hall–Kier alpha value is -3.19. The van der Waals surface area contributed by atoms with E-state index in [9.17, 15) is 14.9 Å². The summed E-state index contributed by atoms with van der Waals surface area (Å²) in [5.74, 6) is -1.16. The van der Waals surface area contributed by atoms with E-state index in [1.54, 1.807) is 24.3 Å². The zero-order valence-electron chi connectivity index (χ0n) is 15.0. The highest BCUT2D eigenvalue weighted by atomic mass is 79.9. The van der Waals surface area contributed by atoms with E-state index in [0.717, 1.165) is 10.0 Å². The van der Waals surface area contributed by atoms with Crippen LogP contribution >= 0.6 is 15.9 Å². The number of halogens is 1. The summed E-state index contributed by atoms with van der Waals surface area (Å²) in [6.07, 6.45) is 1.67. The summed E-state index contributed by atoms with van der Waals surface area (Å²) < 4.78 is 5.92. The zero-order chi connectivity index (χ0) is 20.4. The molecular weight excluding hydrogens is 438 g/mol. The van der Waals surface area contributed by atoms with Crippen molar-refractivity contribution in [2.24, 2.45) is 5.92 Å². The minimum atomic E-state index is -0.568. The van der Waals surface area contributed by atoms with Gasteiger partial charge in [0.1, 0.15) is 11.6 Å². The molecule has 1 saturated heterocycles. The Kier molecular flexibility index (Phi) is 5.31. The standard InChI is InChI=1S/C20H16BrN5O3/c21-14-3-1-11(2-4-14)18-13(10-23-26-18)7-12(9-22)19(27)24-15-5-6-17-16(8-15)25-20(28)29-17/h1-8,13,18,23,26H,10H2,(H,24,27)(H,25,28)/b12-7+. The highest BCUT2D eigenvalue weighted by Crippen LogP contribution is 2.28. The van der Waals surface area contributed by atoms with Crippen LogP contribution in [0, 0.1) is 17.2 Å². The van der Waals surface area contributed by atoms with Crippen LogP contribution in [0.3, 0.4) is 0 Å². The number of hydrogen-bond donors (Lipinski definition) is 4. The lowest BCUT2D eigenvalue weighted by molar-refractivity contribution is -0.112. The zero-order valence-corrected chi connectivity index (χ0v) is 16.6. The number of oxazole rings is 1. The quantitative estimate of drug-likeness (QED) is 0.355. The number of carbonyl (C=O) groups is 1. The van der Waals surface area contributed by atoms with Crippen molar-refractivity contribution in [3.8, 4) is 6.07 Å². The van der Waals surface area contributed by atoms with Crippen LogP contribution in [0.2, 0.25) is 0 Å². The molecule has 146 valence electrons. The van der Waals surface area contributed by atoms with Gasteiger partial charge in [0.2, 0.25) is 0 Å². The highest BCUT2D eigenvalue weighted by molar-refractivity contribution is 9.10. The van der Waals surface area contributed by atoms with Crippen molar-refractivity contribution >= 4 is 38.6 Å². The number of carbonyl (C=O) groups excluding carboxylic acids is 1. The van der Waals surface area contributed by atoms with Crippen LogP contribution < -0.4 is 21.9 Å². The molecule has 1 aliphatic heterocycles. The van der Waals surface area contributed by atoms with Crippen molar-refractivity contribution in [1.29, 1.82) is 5.26 Å². The number of hydrazine groups is 1. The molecule has 0 radical (unpaired) electrons. The largest absolute Gasteiger partial charge is 0.417 e. The molecule has 1 fully saturated rings. The lowest BCUT2D eigenvalue weighted by Gasteiger charge is -2.16. The summed E-state index contributed by atoms with van der Waals surface area (Å²) in [5, 5.41) is 12.2. The third-order valence-corrected chi connectivity index (χ3v) is 5.20. The normalized spacial score (nSPS) is 19.2. The van der Waals surface area contributed by atoms with Crippen molar-refractivity contribution in [2.45, 2.75) is 6.04 Å². The van der Waals surface area contributed by atoms with E-state index in [4.69, 9.17) is 4.42 Å². The van der Waals surface area contributed by atoms with Crippen LogP contribution in [0.15, 0.2) is 67.8 Å². The van der Waals surface area contributed by atoms with Crippen LogP contribution in [-0.4, -0.2) is 17.4 Å². The van der Waals surface area contributed by atoms with Crippen molar-refractivity contribution in [3.63, 3.8) is 0 Å². The minimum Gasteiger partial charge on any atom is -0.408 e. The van der Waals surface area contributed by atoms with Gasteiger partial charge in [-0.15, -0.1) is 0 Å². The SMILES string of the molecule is N#C/C(=C\C1CNNC1c1ccc(Br)cc1)C(=O)Nc1ccc2oc(=O)[nH]c2c1. The fourth-order valence-corrected chi connectivity index (χ4v) is 3.54. The van der Waals surface area contributed by atoms with Gasteiger partial charge in [-0.25, -0.2) is 10.2 Å². The molecule has 2 unspecified atom stereocenters. The number of anilines is 1. The summed E-state index contributed by atoms with van der Waals surface area (Å²) in [6, 6.07) is 14.6. The Balaban J connectivity index is 1.54. The number of nitrogens with one attached hydrogen (secondary N) is 4. The molecule has 0 aliphatic carbocycles. The maximum atomic E-state index is 12.6. The number of hydrogen-bond acceptors (Lipinski definition) is 6. The highest BCUT2D eigenvalue weighted by Gasteiger charge is 2.28. The average molecular weight is 454 g/mol. The Bertz CT molecular complexity index is 1190. The van der Waals surface area contributed by atoms with Gasteiger partial charge in [-0.2, -0.15) is 5.26 Å². The molecule has 4 N–H and O–H groups in total. The van der Waals surface area contributed by atoms with E-state index in [2.05, 4.69) is 37.1 Å². The van der Waals surface area contributed by atoms with Gasteiger partial charge in [0, 0.05) is 22.6 Å². The number of nitriles is 1. The van der Waals surface area contributed by atoms with Gasteiger partial charge in [-0.05, 0) is 35.9 Å².